The van der Waals surface area contributed by atoms with Crippen LogP contribution in [0.5, 0.6) is 0 Å². The minimum absolute atomic E-state index is 0.0539. The fraction of sp³-hybridized carbons (Fsp3) is 0. The number of sulfone groups is 1. The second-order valence-electron chi connectivity index (χ2n) is 4.26. The van der Waals surface area contributed by atoms with Crippen molar-refractivity contribution < 1.29 is 8.42 Å². The van der Waals surface area contributed by atoms with E-state index < -0.39 is 9.84 Å². The number of hydrogen-bond acceptors (Lipinski definition) is 4. The number of nitrogens with one attached hydrogen (secondary N) is 1. The molecule has 0 aliphatic heterocycles. The van der Waals surface area contributed by atoms with Gasteiger partial charge in [-0.2, -0.15) is 5.10 Å². The lowest BCUT2D eigenvalue weighted by molar-refractivity contribution is 0.596. The van der Waals surface area contributed by atoms with E-state index in [9.17, 15) is 8.42 Å². The van der Waals surface area contributed by atoms with E-state index in [1.54, 1.807) is 12.1 Å². The predicted octanol–water partition coefficient (Wildman–Crippen LogP) is 2.34. The third-order valence-corrected chi connectivity index (χ3v) is 4.83. The molecule has 5 nitrogen and oxygen atoms in total. The molecule has 22 heavy (non-hydrogen) atoms. The van der Waals surface area contributed by atoms with Crippen LogP contribution in [-0.2, 0) is 9.84 Å². The molecule has 114 valence electrons. The van der Waals surface area contributed by atoms with Gasteiger partial charge in [0, 0.05) is 5.02 Å². The largest absolute Gasteiger partial charge is 0.375 e. The Morgan fingerprint density at radius 3 is 2.09 bits per heavy atom. The smallest absolute Gasteiger partial charge is 0.206 e. The lowest BCUT2D eigenvalue weighted by Crippen LogP contribution is -2.23. The quantitative estimate of drug-likeness (QED) is 0.500. The van der Waals surface area contributed by atoms with Gasteiger partial charge in [0.2, 0.25) is 9.84 Å². The van der Waals surface area contributed by atoms with Gasteiger partial charge in [0.1, 0.15) is 0 Å². The molecule has 0 heterocycles. The van der Waals surface area contributed by atoms with E-state index in [1.165, 1.54) is 42.6 Å². The second kappa shape index (κ2) is 6.87. The van der Waals surface area contributed by atoms with Gasteiger partial charge in [0.05, 0.1) is 16.0 Å². The zero-order valence-electron chi connectivity index (χ0n) is 11.2. The zero-order chi connectivity index (χ0) is 16.2. The van der Waals surface area contributed by atoms with Crippen LogP contribution in [0.1, 0.15) is 5.56 Å². The fourth-order valence-corrected chi connectivity index (χ4v) is 3.09. The standard InChI is InChI=1S/C14H12ClN3O2S2/c15-11-3-7-13(8-4-11)22(19,20)12-5-1-10(2-6-12)9-17-18-14(16)21/h1-9H,(H3,16,18,21). The minimum Gasteiger partial charge on any atom is -0.375 e. The van der Waals surface area contributed by atoms with Crippen molar-refractivity contribution in [3.05, 3.63) is 59.1 Å². The molecule has 2 aromatic rings. The molecule has 0 bridgehead atoms. The van der Waals surface area contributed by atoms with Crippen molar-refractivity contribution in [2.75, 3.05) is 0 Å². The second-order valence-corrected chi connectivity index (χ2v) is 7.09. The van der Waals surface area contributed by atoms with Crippen LogP contribution in [0.15, 0.2) is 63.4 Å². The lowest BCUT2D eigenvalue weighted by atomic mass is 10.2. The van der Waals surface area contributed by atoms with Crippen LogP contribution in [0, 0.1) is 0 Å². The van der Waals surface area contributed by atoms with Crippen LogP contribution in [0.4, 0.5) is 0 Å². The fourth-order valence-electron chi connectivity index (χ4n) is 1.65. The van der Waals surface area contributed by atoms with Crippen LogP contribution in [0.3, 0.4) is 0 Å². The molecule has 0 unspecified atom stereocenters. The summed E-state index contributed by atoms with van der Waals surface area (Å²) < 4.78 is 24.9. The highest BCUT2D eigenvalue weighted by atomic mass is 35.5. The molecule has 0 aliphatic carbocycles. The molecule has 0 saturated heterocycles. The Bertz CT molecular complexity index is 801. The van der Waals surface area contributed by atoms with Gasteiger partial charge in [0.25, 0.3) is 0 Å². The van der Waals surface area contributed by atoms with E-state index in [-0.39, 0.29) is 14.9 Å². The number of nitrogens with zero attached hydrogens (tertiary/aromatic N) is 1. The summed E-state index contributed by atoms with van der Waals surface area (Å²) in [6, 6.07) is 12.3. The first kappa shape index (κ1) is 16.4. The lowest BCUT2D eigenvalue weighted by Gasteiger charge is -2.05. The first-order valence-corrected chi connectivity index (χ1v) is 8.36. The molecule has 0 spiro atoms. The van der Waals surface area contributed by atoms with Gasteiger partial charge in [-0.3, -0.25) is 5.43 Å². The SMILES string of the molecule is NC(=S)NN=Cc1ccc(S(=O)(=O)c2ccc(Cl)cc2)cc1. The van der Waals surface area contributed by atoms with Crippen LogP contribution >= 0.6 is 23.8 Å². The van der Waals surface area contributed by atoms with Gasteiger partial charge in [-0.05, 0) is 54.2 Å². The number of hydrazone groups is 1. The monoisotopic (exact) mass is 353 g/mol. The summed E-state index contributed by atoms with van der Waals surface area (Å²) >= 11 is 10.4. The predicted molar refractivity (Wildman–Crippen MR) is 90.9 cm³/mol. The Labute approximate surface area is 138 Å². The summed E-state index contributed by atoms with van der Waals surface area (Å²) in [5.41, 5.74) is 8.36. The summed E-state index contributed by atoms with van der Waals surface area (Å²) in [7, 11) is -3.57. The molecular weight excluding hydrogens is 342 g/mol. The molecule has 8 heteroatoms. The first-order chi connectivity index (χ1) is 10.4. The van der Waals surface area contributed by atoms with Gasteiger partial charge in [-0.1, -0.05) is 23.7 Å². The van der Waals surface area contributed by atoms with E-state index >= 15 is 0 Å². The molecule has 0 amide bonds. The van der Waals surface area contributed by atoms with Gasteiger partial charge < -0.3 is 5.73 Å². The molecule has 0 atom stereocenters. The van der Waals surface area contributed by atoms with E-state index in [4.69, 9.17) is 17.3 Å². The summed E-state index contributed by atoms with van der Waals surface area (Å²) in [5, 5.41) is 4.33. The molecule has 0 radical (unpaired) electrons. The number of thiocarbonyl (C=S) groups is 1. The number of nitrogens with two attached hydrogens (primary N) is 1. The van der Waals surface area contributed by atoms with E-state index in [2.05, 4.69) is 22.7 Å². The molecule has 0 aromatic heterocycles. The molecule has 2 aromatic carbocycles. The normalized spacial score (nSPS) is 11.5. The highest BCUT2D eigenvalue weighted by Crippen LogP contribution is 2.22. The van der Waals surface area contributed by atoms with Crippen LogP contribution < -0.4 is 11.2 Å². The molecule has 0 saturated carbocycles. The van der Waals surface area contributed by atoms with Crippen molar-refractivity contribution in [1.82, 2.24) is 5.43 Å². The van der Waals surface area contributed by atoms with Crippen molar-refractivity contribution >= 4 is 45.0 Å². The number of hydrogen-bond donors (Lipinski definition) is 2. The van der Waals surface area contributed by atoms with Crippen LogP contribution in [-0.4, -0.2) is 19.7 Å². The van der Waals surface area contributed by atoms with Crippen LogP contribution in [0.25, 0.3) is 0 Å². The highest BCUT2D eigenvalue weighted by Gasteiger charge is 2.16. The maximum atomic E-state index is 12.4. The molecule has 3 N–H and O–H groups in total. The van der Waals surface area contributed by atoms with Crippen molar-refractivity contribution in [3.63, 3.8) is 0 Å². The summed E-state index contributed by atoms with van der Waals surface area (Å²) in [6.07, 6.45) is 1.48. The maximum absolute atomic E-state index is 12.4. The Balaban J connectivity index is 2.24. The molecule has 2 rings (SSSR count). The third kappa shape index (κ3) is 4.03. The van der Waals surface area contributed by atoms with Gasteiger partial charge in [-0.25, -0.2) is 8.42 Å². The Morgan fingerprint density at radius 2 is 1.59 bits per heavy atom. The van der Waals surface area contributed by atoms with E-state index in [1.807, 2.05) is 0 Å². The summed E-state index contributed by atoms with van der Waals surface area (Å²) in [4.78, 5) is 0.378. The number of benzene rings is 2. The van der Waals surface area contributed by atoms with Crippen molar-refractivity contribution in [1.29, 1.82) is 0 Å². The number of rotatable bonds is 4. The van der Waals surface area contributed by atoms with Crippen LogP contribution in [0.2, 0.25) is 5.02 Å². The topological polar surface area (TPSA) is 84.5 Å². The Kier molecular flexibility index (Phi) is 5.12. The molecule has 0 aliphatic rings. The van der Waals surface area contributed by atoms with E-state index in [0.717, 1.165) is 0 Å². The molecular formula is C14H12ClN3O2S2. The average Bonchev–Trinajstić information content (AvgIpc) is 2.48. The zero-order valence-corrected chi connectivity index (χ0v) is 13.6. The highest BCUT2D eigenvalue weighted by molar-refractivity contribution is 7.91. The Hall–Kier alpha value is -1.96. The summed E-state index contributed by atoms with van der Waals surface area (Å²) in [6.45, 7) is 0. The first-order valence-electron chi connectivity index (χ1n) is 6.09. The average molecular weight is 354 g/mol. The van der Waals surface area contributed by atoms with Gasteiger partial charge >= 0.3 is 0 Å². The van der Waals surface area contributed by atoms with Gasteiger partial charge in [-0.15, -0.1) is 0 Å². The molecule has 0 fully saturated rings. The Morgan fingerprint density at radius 1 is 1.09 bits per heavy atom. The minimum atomic E-state index is -3.57. The summed E-state index contributed by atoms with van der Waals surface area (Å²) in [5.74, 6) is 0. The van der Waals surface area contributed by atoms with E-state index in [0.29, 0.717) is 10.6 Å². The third-order valence-electron chi connectivity index (χ3n) is 2.70. The van der Waals surface area contributed by atoms with Crippen molar-refractivity contribution in [2.24, 2.45) is 10.8 Å². The van der Waals surface area contributed by atoms with Crippen molar-refractivity contribution in [2.45, 2.75) is 9.79 Å². The maximum Gasteiger partial charge on any atom is 0.206 e. The van der Waals surface area contributed by atoms with Gasteiger partial charge in [0.15, 0.2) is 5.11 Å². The number of halogens is 1. The van der Waals surface area contributed by atoms with Crippen molar-refractivity contribution in [3.8, 4) is 0 Å².